The minimum atomic E-state index is 0.604. The van der Waals surface area contributed by atoms with E-state index in [4.69, 9.17) is 12.2 Å². The first kappa shape index (κ1) is 11.8. The molecule has 0 bridgehead atoms. The van der Waals surface area contributed by atoms with Gasteiger partial charge in [0.2, 0.25) is 0 Å². The summed E-state index contributed by atoms with van der Waals surface area (Å²) >= 11 is 5.15. The Morgan fingerprint density at radius 3 is 3.06 bits per heavy atom. The minimum absolute atomic E-state index is 0.604. The highest BCUT2D eigenvalue weighted by Gasteiger charge is 2.26. The van der Waals surface area contributed by atoms with Crippen LogP contribution in [0.2, 0.25) is 0 Å². The number of rotatable bonds is 3. The van der Waals surface area contributed by atoms with E-state index in [9.17, 15) is 0 Å². The molecule has 1 aliphatic heterocycles. The van der Waals surface area contributed by atoms with Crippen molar-refractivity contribution in [1.29, 1.82) is 0 Å². The lowest BCUT2D eigenvalue weighted by atomic mass is 10.0. The Kier molecular flexibility index (Phi) is 3.77. The maximum atomic E-state index is 5.15. The van der Waals surface area contributed by atoms with Gasteiger partial charge in [0, 0.05) is 12.2 Å². The van der Waals surface area contributed by atoms with E-state index in [-0.39, 0.29) is 0 Å². The Labute approximate surface area is 103 Å². The number of H-pyrrole nitrogens is 1. The van der Waals surface area contributed by atoms with Crippen LogP contribution in [-0.4, -0.2) is 23.0 Å². The van der Waals surface area contributed by atoms with Gasteiger partial charge in [0.15, 0.2) is 0 Å². The lowest BCUT2D eigenvalue weighted by Crippen LogP contribution is -2.24. The van der Waals surface area contributed by atoms with E-state index in [0.717, 1.165) is 4.64 Å². The second kappa shape index (κ2) is 5.11. The van der Waals surface area contributed by atoms with Gasteiger partial charge in [-0.2, -0.15) is 0 Å². The molecule has 1 fully saturated rings. The molecule has 0 amide bonds. The summed E-state index contributed by atoms with van der Waals surface area (Å²) in [7, 11) is 0. The van der Waals surface area contributed by atoms with E-state index >= 15 is 0 Å². The maximum Gasteiger partial charge on any atom is 0.103 e. The van der Waals surface area contributed by atoms with Crippen molar-refractivity contribution in [2.45, 2.75) is 39.2 Å². The van der Waals surface area contributed by atoms with Crippen molar-refractivity contribution in [3.05, 3.63) is 28.0 Å². The summed E-state index contributed by atoms with van der Waals surface area (Å²) in [5.41, 5.74) is 2.76. The molecule has 1 unspecified atom stereocenters. The quantitative estimate of drug-likeness (QED) is 0.809. The van der Waals surface area contributed by atoms with Gasteiger partial charge in [-0.3, -0.25) is 4.90 Å². The predicted octanol–water partition coefficient (Wildman–Crippen LogP) is 3.60. The molecule has 0 radical (unpaired) electrons. The molecule has 1 aliphatic rings. The van der Waals surface area contributed by atoms with Crippen LogP contribution >= 0.6 is 12.2 Å². The van der Waals surface area contributed by atoms with Crippen LogP contribution in [0.3, 0.4) is 0 Å². The highest BCUT2D eigenvalue weighted by Crippen LogP contribution is 2.33. The standard InChI is InChI=1S/C13H20N2S/c1-3-6-15-7-4-5-12(15)11-9-14-13(16)8-10(11)2/h8-9,12H,3-7H2,1-2H3,(H,14,16). The molecule has 0 aliphatic carbocycles. The van der Waals surface area contributed by atoms with Crippen LogP contribution < -0.4 is 0 Å². The number of hydrogen-bond donors (Lipinski definition) is 1. The average molecular weight is 236 g/mol. The molecule has 1 aromatic rings. The van der Waals surface area contributed by atoms with Gasteiger partial charge < -0.3 is 4.98 Å². The van der Waals surface area contributed by atoms with Gasteiger partial charge in [0.05, 0.1) is 0 Å². The Bertz CT molecular complexity index is 411. The van der Waals surface area contributed by atoms with Crippen LogP contribution in [0.5, 0.6) is 0 Å². The molecule has 0 saturated carbocycles. The van der Waals surface area contributed by atoms with Crippen LogP contribution in [0.1, 0.15) is 43.4 Å². The first-order valence-electron chi connectivity index (χ1n) is 6.15. The predicted molar refractivity (Wildman–Crippen MR) is 70.2 cm³/mol. The molecule has 88 valence electrons. The van der Waals surface area contributed by atoms with Gasteiger partial charge in [-0.05, 0) is 56.5 Å². The fourth-order valence-corrected chi connectivity index (χ4v) is 2.91. The minimum Gasteiger partial charge on any atom is -0.353 e. The zero-order valence-corrected chi connectivity index (χ0v) is 10.9. The summed E-state index contributed by atoms with van der Waals surface area (Å²) in [5.74, 6) is 0. The van der Waals surface area contributed by atoms with E-state index in [0.29, 0.717) is 6.04 Å². The number of aromatic nitrogens is 1. The zero-order valence-electron chi connectivity index (χ0n) is 10.1. The Morgan fingerprint density at radius 2 is 2.38 bits per heavy atom. The second-order valence-electron chi connectivity index (χ2n) is 4.63. The number of hydrogen-bond acceptors (Lipinski definition) is 2. The van der Waals surface area contributed by atoms with Crippen molar-refractivity contribution in [2.75, 3.05) is 13.1 Å². The number of pyridine rings is 1. The molecule has 3 heteroatoms. The Morgan fingerprint density at radius 1 is 1.56 bits per heavy atom. The number of aryl methyl sites for hydroxylation is 1. The van der Waals surface area contributed by atoms with Gasteiger partial charge >= 0.3 is 0 Å². The molecule has 2 nitrogen and oxygen atoms in total. The Balaban J connectivity index is 2.25. The van der Waals surface area contributed by atoms with E-state index in [1.54, 1.807) is 0 Å². The van der Waals surface area contributed by atoms with E-state index in [1.807, 2.05) is 0 Å². The summed E-state index contributed by atoms with van der Waals surface area (Å²) in [6, 6.07) is 2.68. The smallest absolute Gasteiger partial charge is 0.103 e. The van der Waals surface area contributed by atoms with Crippen molar-refractivity contribution in [1.82, 2.24) is 9.88 Å². The fourth-order valence-electron chi connectivity index (χ4n) is 2.68. The summed E-state index contributed by atoms with van der Waals surface area (Å²) in [6.07, 6.45) is 5.94. The summed E-state index contributed by atoms with van der Waals surface area (Å²) in [6.45, 7) is 6.87. The van der Waals surface area contributed by atoms with Gasteiger partial charge in [0.25, 0.3) is 0 Å². The Hall–Kier alpha value is -0.670. The lowest BCUT2D eigenvalue weighted by molar-refractivity contribution is 0.257. The molecule has 1 N–H and O–H groups in total. The van der Waals surface area contributed by atoms with Crippen molar-refractivity contribution in [2.24, 2.45) is 0 Å². The van der Waals surface area contributed by atoms with Gasteiger partial charge in [-0.25, -0.2) is 0 Å². The van der Waals surface area contributed by atoms with E-state index in [2.05, 4.69) is 36.0 Å². The molecule has 1 aromatic heterocycles. The summed E-state index contributed by atoms with van der Waals surface area (Å²) in [5, 5.41) is 0. The first-order chi connectivity index (χ1) is 7.72. The van der Waals surface area contributed by atoms with Gasteiger partial charge in [0.1, 0.15) is 4.64 Å². The van der Waals surface area contributed by atoms with Gasteiger partial charge in [-0.1, -0.05) is 19.1 Å². The molecular weight excluding hydrogens is 216 g/mol. The third-order valence-corrected chi connectivity index (χ3v) is 3.64. The van der Waals surface area contributed by atoms with E-state index in [1.165, 1.54) is 43.5 Å². The molecule has 0 aromatic carbocycles. The van der Waals surface area contributed by atoms with Crippen molar-refractivity contribution in [3.63, 3.8) is 0 Å². The molecule has 1 atom stereocenters. The highest BCUT2D eigenvalue weighted by molar-refractivity contribution is 7.71. The molecule has 2 heterocycles. The van der Waals surface area contributed by atoms with Gasteiger partial charge in [-0.15, -0.1) is 0 Å². The maximum absolute atomic E-state index is 5.15. The van der Waals surface area contributed by atoms with Crippen LogP contribution in [0, 0.1) is 11.6 Å². The van der Waals surface area contributed by atoms with Crippen molar-refractivity contribution >= 4 is 12.2 Å². The SMILES string of the molecule is CCCN1CCCC1c1c[nH]c(=S)cc1C. The number of nitrogens with zero attached hydrogens (tertiary/aromatic N) is 1. The topological polar surface area (TPSA) is 19.0 Å². The number of likely N-dealkylation sites (tertiary alicyclic amines) is 1. The highest BCUT2D eigenvalue weighted by atomic mass is 32.1. The van der Waals surface area contributed by atoms with Crippen LogP contribution in [-0.2, 0) is 0 Å². The van der Waals surface area contributed by atoms with Crippen LogP contribution in [0.4, 0.5) is 0 Å². The molecule has 16 heavy (non-hydrogen) atoms. The largest absolute Gasteiger partial charge is 0.353 e. The third kappa shape index (κ3) is 2.36. The lowest BCUT2D eigenvalue weighted by Gasteiger charge is -2.25. The van der Waals surface area contributed by atoms with Crippen LogP contribution in [0.25, 0.3) is 0 Å². The molecule has 2 rings (SSSR count). The monoisotopic (exact) mass is 236 g/mol. The molecular formula is C13H20N2S. The number of nitrogens with one attached hydrogen (secondary N) is 1. The third-order valence-electron chi connectivity index (χ3n) is 3.41. The molecule has 0 spiro atoms. The fraction of sp³-hybridized carbons (Fsp3) is 0.615. The normalized spacial score (nSPS) is 21.5. The summed E-state index contributed by atoms with van der Waals surface area (Å²) in [4.78, 5) is 5.76. The van der Waals surface area contributed by atoms with Crippen molar-refractivity contribution < 1.29 is 0 Å². The van der Waals surface area contributed by atoms with Crippen molar-refractivity contribution in [3.8, 4) is 0 Å². The molecule has 1 saturated heterocycles. The summed E-state index contributed by atoms with van der Waals surface area (Å²) < 4.78 is 0.835. The first-order valence-corrected chi connectivity index (χ1v) is 6.56. The van der Waals surface area contributed by atoms with Crippen LogP contribution in [0.15, 0.2) is 12.3 Å². The average Bonchev–Trinajstić information content (AvgIpc) is 2.67. The van der Waals surface area contributed by atoms with E-state index < -0.39 is 0 Å². The number of aromatic amines is 1. The second-order valence-corrected chi connectivity index (χ2v) is 5.07. The zero-order chi connectivity index (χ0) is 11.5.